The number of carbonyl (C=O) groups is 3. The number of nitrogens with zero attached hydrogens (tertiary/aromatic N) is 4. The summed E-state index contributed by atoms with van der Waals surface area (Å²) in [5, 5.41) is 7.06. The molecule has 0 fully saturated rings. The van der Waals surface area contributed by atoms with Gasteiger partial charge in [-0.3, -0.25) is 19.3 Å². The van der Waals surface area contributed by atoms with Gasteiger partial charge in [0, 0.05) is 5.69 Å². The molecule has 1 N–H and O–H groups in total. The summed E-state index contributed by atoms with van der Waals surface area (Å²) in [4.78, 5) is 43.9. The fourth-order valence-corrected chi connectivity index (χ4v) is 4.05. The van der Waals surface area contributed by atoms with E-state index in [9.17, 15) is 14.4 Å². The topological polar surface area (TPSA) is 106 Å². The molecule has 9 heteroatoms. The number of aromatic nitrogens is 3. The molecule has 174 valence electrons. The molecule has 0 bridgehead atoms. The highest BCUT2D eigenvalue weighted by molar-refractivity contribution is 6.21. The highest BCUT2D eigenvalue weighted by atomic mass is 16.5. The fraction of sp³-hybridized carbons (Fsp3) is 0.115. The van der Waals surface area contributed by atoms with Crippen LogP contribution in [0.4, 0.5) is 5.69 Å². The maximum Gasteiger partial charge on any atom is 0.261 e. The van der Waals surface area contributed by atoms with Crippen molar-refractivity contribution in [3.8, 4) is 5.75 Å². The highest BCUT2D eigenvalue weighted by Gasteiger charge is 2.35. The maximum absolute atomic E-state index is 13.3. The van der Waals surface area contributed by atoms with Crippen LogP contribution in [-0.2, 0) is 13.1 Å². The molecule has 4 aromatic rings. The van der Waals surface area contributed by atoms with E-state index in [1.807, 2.05) is 18.2 Å². The molecule has 1 aliphatic rings. The van der Waals surface area contributed by atoms with Crippen LogP contribution in [0.15, 0.2) is 79.4 Å². The second-order valence-corrected chi connectivity index (χ2v) is 7.98. The SMILES string of the molecule is COc1ccc(CN2C(=O)c3ccccc3C2=O)cc1C(=O)Nc1ccccc1Cn1cncn1. The molecule has 3 aromatic carbocycles. The van der Waals surface area contributed by atoms with E-state index in [1.54, 1.807) is 59.5 Å². The molecule has 9 nitrogen and oxygen atoms in total. The van der Waals surface area contributed by atoms with Gasteiger partial charge in [0.2, 0.25) is 0 Å². The molecule has 3 amide bonds. The number of methoxy groups -OCH3 is 1. The van der Waals surface area contributed by atoms with E-state index in [-0.39, 0.29) is 29.8 Å². The van der Waals surface area contributed by atoms with Gasteiger partial charge in [0.15, 0.2) is 0 Å². The van der Waals surface area contributed by atoms with E-state index >= 15 is 0 Å². The van der Waals surface area contributed by atoms with Crippen molar-refractivity contribution in [3.05, 3.63) is 107 Å². The van der Waals surface area contributed by atoms with Crippen LogP contribution in [-0.4, -0.2) is 44.5 Å². The van der Waals surface area contributed by atoms with Gasteiger partial charge < -0.3 is 10.1 Å². The van der Waals surface area contributed by atoms with E-state index < -0.39 is 0 Å². The number of nitrogens with one attached hydrogen (secondary N) is 1. The lowest BCUT2D eigenvalue weighted by Crippen LogP contribution is -2.29. The average molecular weight is 467 g/mol. The zero-order valence-corrected chi connectivity index (χ0v) is 18.8. The normalized spacial score (nSPS) is 12.5. The van der Waals surface area contributed by atoms with Crippen molar-refractivity contribution in [1.29, 1.82) is 0 Å². The minimum Gasteiger partial charge on any atom is -0.496 e. The third kappa shape index (κ3) is 4.26. The maximum atomic E-state index is 13.3. The summed E-state index contributed by atoms with van der Waals surface area (Å²) in [7, 11) is 1.48. The smallest absolute Gasteiger partial charge is 0.261 e. The largest absolute Gasteiger partial charge is 0.496 e. The van der Waals surface area contributed by atoms with E-state index in [4.69, 9.17) is 4.74 Å². The lowest BCUT2D eigenvalue weighted by Gasteiger charge is -2.17. The number of para-hydroxylation sites is 1. The number of hydrogen-bond acceptors (Lipinski definition) is 6. The number of anilines is 1. The van der Waals surface area contributed by atoms with Crippen molar-refractivity contribution in [2.24, 2.45) is 0 Å². The Labute approximate surface area is 201 Å². The summed E-state index contributed by atoms with van der Waals surface area (Å²) in [6.07, 6.45) is 3.05. The molecule has 0 spiro atoms. The summed E-state index contributed by atoms with van der Waals surface area (Å²) >= 11 is 0. The molecule has 1 aliphatic heterocycles. The summed E-state index contributed by atoms with van der Waals surface area (Å²) in [6.45, 7) is 0.479. The molecule has 35 heavy (non-hydrogen) atoms. The van der Waals surface area contributed by atoms with Crippen molar-refractivity contribution >= 4 is 23.4 Å². The lowest BCUT2D eigenvalue weighted by atomic mass is 10.1. The number of hydrogen-bond donors (Lipinski definition) is 1. The van der Waals surface area contributed by atoms with Crippen molar-refractivity contribution < 1.29 is 19.1 Å². The minimum atomic E-state index is -0.378. The van der Waals surface area contributed by atoms with Gasteiger partial charge in [0.1, 0.15) is 18.4 Å². The minimum absolute atomic E-state index is 0.0412. The number of amides is 3. The molecule has 0 aliphatic carbocycles. The Morgan fingerprint density at radius 3 is 2.34 bits per heavy atom. The molecule has 0 radical (unpaired) electrons. The second-order valence-electron chi connectivity index (χ2n) is 7.98. The van der Waals surface area contributed by atoms with Gasteiger partial charge in [-0.05, 0) is 41.5 Å². The Hall–Kier alpha value is -4.79. The first kappa shape index (κ1) is 22.0. The number of benzene rings is 3. The quantitative estimate of drug-likeness (QED) is 0.418. The van der Waals surface area contributed by atoms with E-state index in [0.29, 0.717) is 34.7 Å². The zero-order chi connectivity index (χ0) is 24.4. The number of rotatable bonds is 7. The van der Waals surface area contributed by atoms with Gasteiger partial charge in [-0.2, -0.15) is 5.10 Å². The summed E-state index contributed by atoms with van der Waals surface area (Å²) in [5.74, 6) is -0.705. The van der Waals surface area contributed by atoms with Gasteiger partial charge in [-0.15, -0.1) is 0 Å². The van der Waals surface area contributed by atoms with Crippen molar-refractivity contribution in [2.45, 2.75) is 13.1 Å². The van der Waals surface area contributed by atoms with Crippen molar-refractivity contribution in [2.75, 3.05) is 12.4 Å². The van der Waals surface area contributed by atoms with Crippen LogP contribution in [0, 0.1) is 0 Å². The summed E-state index contributed by atoms with van der Waals surface area (Å²) < 4.78 is 7.07. The van der Waals surface area contributed by atoms with Crippen LogP contribution in [0.1, 0.15) is 42.2 Å². The van der Waals surface area contributed by atoms with Crippen LogP contribution in [0.25, 0.3) is 0 Å². The molecular weight excluding hydrogens is 446 g/mol. The molecule has 0 saturated carbocycles. The predicted octanol–water partition coefficient (Wildman–Crippen LogP) is 3.38. The Morgan fingerprint density at radius 2 is 1.66 bits per heavy atom. The van der Waals surface area contributed by atoms with Crippen LogP contribution < -0.4 is 10.1 Å². The predicted molar refractivity (Wildman–Crippen MR) is 127 cm³/mol. The molecule has 2 heterocycles. The molecule has 0 saturated heterocycles. The van der Waals surface area contributed by atoms with Crippen LogP contribution in [0.3, 0.4) is 0 Å². The third-order valence-corrected chi connectivity index (χ3v) is 5.79. The third-order valence-electron chi connectivity index (χ3n) is 5.79. The van der Waals surface area contributed by atoms with Gasteiger partial charge in [0.05, 0.1) is 36.9 Å². The Bertz CT molecular complexity index is 1400. The molecule has 0 atom stereocenters. The standard InChI is InChI=1S/C26H21N5O4/c1-35-23-11-10-17(13-31-25(33)19-7-3-4-8-20(19)26(31)34)12-21(23)24(32)29-22-9-5-2-6-18(22)14-30-16-27-15-28-30/h2-12,15-16H,13-14H2,1H3,(H,29,32). The monoisotopic (exact) mass is 467 g/mol. The van der Waals surface area contributed by atoms with E-state index in [2.05, 4.69) is 15.4 Å². The average Bonchev–Trinajstić information content (AvgIpc) is 3.48. The number of carbonyl (C=O) groups excluding carboxylic acids is 3. The fourth-order valence-electron chi connectivity index (χ4n) is 4.05. The van der Waals surface area contributed by atoms with E-state index in [0.717, 1.165) is 5.56 Å². The van der Waals surface area contributed by atoms with Crippen LogP contribution >= 0.6 is 0 Å². The number of ether oxygens (including phenoxy) is 1. The first-order chi connectivity index (χ1) is 17.0. The summed E-state index contributed by atoms with van der Waals surface area (Å²) in [6, 6.07) is 19.2. The molecule has 0 unspecified atom stereocenters. The highest BCUT2D eigenvalue weighted by Crippen LogP contribution is 2.27. The zero-order valence-electron chi connectivity index (χ0n) is 18.8. The molecule has 5 rings (SSSR count). The van der Waals surface area contributed by atoms with E-state index in [1.165, 1.54) is 18.3 Å². The Balaban J connectivity index is 1.39. The van der Waals surface area contributed by atoms with Gasteiger partial charge in [-0.1, -0.05) is 36.4 Å². The Kier molecular flexibility index (Phi) is 5.80. The Morgan fingerprint density at radius 1 is 0.943 bits per heavy atom. The second kappa shape index (κ2) is 9.22. The van der Waals surface area contributed by atoms with Crippen molar-refractivity contribution in [1.82, 2.24) is 19.7 Å². The van der Waals surface area contributed by atoms with Gasteiger partial charge in [-0.25, -0.2) is 9.67 Å². The molecule has 1 aromatic heterocycles. The number of imide groups is 1. The molecular formula is C26H21N5O4. The first-order valence-electron chi connectivity index (χ1n) is 10.9. The lowest BCUT2D eigenvalue weighted by molar-refractivity contribution is 0.0642. The van der Waals surface area contributed by atoms with Crippen LogP contribution in [0.5, 0.6) is 5.75 Å². The van der Waals surface area contributed by atoms with Crippen molar-refractivity contribution in [3.63, 3.8) is 0 Å². The van der Waals surface area contributed by atoms with Gasteiger partial charge >= 0.3 is 0 Å². The van der Waals surface area contributed by atoms with Gasteiger partial charge in [0.25, 0.3) is 17.7 Å². The van der Waals surface area contributed by atoms with Crippen LogP contribution in [0.2, 0.25) is 0 Å². The summed E-state index contributed by atoms with van der Waals surface area (Å²) in [5.41, 5.74) is 3.16. The first-order valence-corrected chi connectivity index (χ1v) is 10.9. The number of fused-ring (bicyclic) bond motifs is 1.